The van der Waals surface area contributed by atoms with Crippen LogP contribution in [0.3, 0.4) is 0 Å². The Balaban J connectivity index is 1.77. The van der Waals surface area contributed by atoms with E-state index in [0.29, 0.717) is 17.9 Å². The molecular weight excluding hydrogens is 408 g/mol. The Morgan fingerprint density at radius 3 is 2.28 bits per heavy atom. The smallest absolute Gasteiger partial charge is 0.165 e. The Morgan fingerprint density at radius 2 is 1.59 bits per heavy atom. The van der Waals surface area contributed by atoms with Crippen LogP contribution in [0.15, 0.2) is 36.5 Å². The molecule has 0 radical (unpaired) electrons. The van der Waals surface area contributed by atoms with Gasteiger partial charge in [0, 0.05) is 43.2 Å². The van der Waals surface area contributed by atoms with E-state index in [-0.39, 0.29) is 0 Å². The molecule has 2 aromatic carbocycles. The molecule has 1 saturated heterocycles. The zero-order valence-electron chi connectivity index (χ0n) is 19.1. The van der Waals surface area contributed by atoms with Crippen LogP contribution in [0.4, 0.5) is 0 Å². The molecule has 7 heteroatoms. The molecule has 32 heavy (non-hydrogen) atoms. The molecule has 0 amide bonds. The zero-order chi connectivity index (χ0) is 22.5. The Morgan fingerprint density at radius 1 is 0.875 bits per heavy atom. The van der Waals surface area contributed by atoms with Gasteiger partial charge in [-0.15, -0.1) is 0 Å². The van der Waals surface area contributed by atoms with E-state index in [4.69, 9.17) is 28.7 Å². The summed E-state index contributed by atoms with van der Waals surface area (Å²) in [5.74, 6) is 2.90. The van der Waals surface area contributed by atoms with Gasteiger partial charge in [0.15, 0.2) is 23.0 Å². The van der Waals surface area contributed by atoms with Gasteiger partial charge in [-0.05, 0) is 35.2 Å². The van der Waals surface area contributed by atoms with E-state index in [1.165, 1.54) is 0 Å². The fourth-order valence-corrected chi connectivity index (χ4v) is 4.23. The summed E-state index contributed by atoms with van der Waals surface area (Å²) in [7, 11) is 6.65. The van der Waals surface area contributed by atoms with E-state index in [1.54, 1.807) is 28.4 Å². The second-order valence-corrected chi connectivity index (χ2v) is 7.69. The topological polar surface area (TPSA) is 62.3 Å². The average Bonchev–Trinajstić information content (AvgIpc) is 2.84. The number of ether oxygens (including phenoxy) is 5. The van der Waals surface area contributed by atoms with Crippen LogP contribution in [0.2, 0.25) is 0 Å². The lowest BCUT2D eigenvalue weighted by atomic mass is 9.97. The number of morpholine rings is 1. The van der Waals surface area contributed by atoms with Crippen molar-refractivity contribution in [3.05, 3.63) is 53.3 Å². The minimum atomic E-state index is 0.660. The summed E-state index contributed by atoms with van der Waals surface area (Å²) < 4.78 is 27.9. The Hall–Kier alpha value is -3.03. The van der Waals surface area contributed by atoms with Crippen molar-refractivity contribution in [2.75, 3.05) is 54.7 Å². The molecule has 0 bridgehead atoms. The third kappa shape index (κ3) is 4.45. The van der Waals surface area contributed by atoms with Gasteiger partial charge in [-0.1, -0.05) is 6.07 Å². The number of aromatic nitrogens is 1. The normalized spacial score (nSPS) is 14.4. The summed E-state index contributed by atoms with van der Waals surface area (Å²) in [6, 6.07) is 10.1. The van der Waals surface area contributed by atoms with Crippen molar-refractivity contribution in [3.63, 3.8) is 0 Å². The van der Waals surface area contributed by atoms with E-state index in [0.717, 1.165) is 71.9 Å². The van der Waals surface area contributed by atoms with Crippen molar-refractivity contribution >= 4 is 10.8 Å². The second-order valence-electron chi connectivity index (χ2n) is 7.69. The number of rotatable bonds is 8. The molecular formula is C25H30N2O5. The zero-order valence-corrected chi connectivity index (χ0v) is 19.1. The monoisotopic (exact) mass is 438 g/mol. The molecule has 0 saturated carbocycles. The molecule has 0 spiro atoms. The van der Waals surface area contributed by atoms with Crippen molar-refractivity contribution in [2.24, 2.45) is 0 Å². The summed E-state index contributed by atoms with van der Waals surface area (Å²) in [5.41, 5.74) is 3.25. The molecule has 1 fully saturated rings. The maximum absolute atomic E-state index is 5.80. The summed E-state index contributed by atoms with van der Waals surface area (Å²) >= 11 is 0. The molecule has 0 N–H and O–H groups in total. The van der Waals surface area contributed by atoms with E-state index < -0.39 is 0 Å². The lowest BCUT2D eigenvalue weighted by Gasteiger charge is -2.28. The molecule has 0 aliphatic carbocycles. The molecule has 0 atom stereocenters. The van der Waals surface area contributed by atoms with Gasteiger partial charge in [0.2, 0.25) is 0 Å². The summed E-state index contributed by atoms with van der Waals surface area (Å²) in [4.78, 5) is 7.10. The number of nitrogens with zero attached hydrogens (tertiary/aromatic N) is 2. The number of benzene rings is 2. The maximum Gasteiger partial charge on any atom is 0.165 e. The number of hydrogen-bond donors (Lipinski definition) is 0. The van der Waals surface area contributed by atoms with Crippen LogP contribution in [0, 0.1) is 0 Å². The van der Waals surface area contributed by atoms with Crippen molar-refractivity contribution in [1.82, 2.24) is 9.88 Å². The highest BCUT2D eigenvalue weighted by atomic mass is 16.5. The SMILES string of the molecule is COc1cc2ccnc(Cc3ccc(OC)c(OC)c3CN3CCOCC3)c2cc1OC. The predicted octanol–water partition coefficient (Wildman–Crippen LogP) is 3.69. The van der Waals surface area contributed by atoms with Crippen LogP contribution >= 0.6 is 0 Å². The predicted molar refractivity (Wildman–Crippen MR) is 123 cm³/mol. The first-order chi connectivity index (χ1) is 15.7. The molecule has 1 aliphatic rings. The first kappa shape index (κ1) is 22.2. The van der Waals surface area contributed by atoms with Crippen molar-refractivity contribution in [3.8, 4) is 23.0 Å². The molecule has 4 rings (SSSR count). The fourth-order valence-electron chi connectivity index (χ4n) is 4.23. The van der Waals surface area contributed by atoms with Crippen LogP contribution in [-0.4, -0.2) is 64.6 Å². The van der Waals surface area contributed by atoms with Gasteiger partial charge in [-0.2, -0.15) is 0 Å². The van der Waals surface area contributed by atoms with Crippen LogP contribution in [-0.2, 0) is 17.7 Å². The maximum atomic E-state index is 5.80. The Bertz CT molecular complexity index is 1080. The van der Waals surface area contributed by atoms with Crippen LogP contribution in [0.1, 0.15) is 16.8 Å². The second kappa shape index (κ2) is 10.1. The van der Waals surface area contributed by atoms with Gasteiger partial charge in [0.1, 0.15) is 0 Å². The van der Waals surface area contributed by atoms with Gasteiger partial charge in [-0.25, -0.2) is 0 Å². The first-order valence-electron chi connectivity index (χ1n) is 10.7. The molecule has 170 valence electrons. The van der Waals surface area contributed by atoms with Crippen LogP contribution < -0.4 is 18.9 Å². The molecule has 1 aliphatic heterocycles. The Labute approximate surface area is 188 Å². The van der Waals surface area contributed by atoms with E-state index in [2.05, 4.69) is 11.0 Å². The largest absolute Gasteiger partial charge is 0.493 e. The highest BCUT2D eigenvalue weighted by molar-refractivity contribution is 5.88. The van der Waals surface area contributed by atoms with Gasteiger partial charge in [0.25, 0.3) is 0 Å². The van der Waals surface area contributed by atoms with Crippen molar-refractivity contribution in [1.29, 1.82) is 0 Å². The fraction of sp³-hybridized carbons (Fsp3) is 0.400. The molecule has 1 aromatic heterocycles. The Kier molecular flexibility index (Phi) is 6.97. The molecule has 7 nitrogen and oxygen atoms in total. The van der Waals surface area contributed by atoms with E-state index >= 15 is 0 Å². The minimum Gasteiger partial charge on any atom is -0.493 e. The van der Waals surface area contributed by atoms with Crippen LogP contribution in [0.5, 0.6) is 23.0 Å². The number of pyridine rings is 1. The molecule has 0 unspecified atom stereocenters. The number of hydrogen-bond acceptors (Lipinski definition) is 7. The minimum absolute atomic E-state index is 0.660. The number of methoxy groups -OCH3 is 4. The first-order valence-corrected chi connectivity index (χ1v) is 10.7. The third-order valence-electron chi connectivity index (χ3n) is 5.94. The summed E-state index contributed by atoms with van der Waals surface area (Å²) in [5, 5.41) is 2.10. The van der Waals surface area contributed by atoms with Gasteiger partial charge in [-0.3, -0.25) is 9.88 Å². The highest BCUT2D eigenvalue weighted by Crippen LogP contribution is 2.37. The standard InChI is InChI=1S/C25H30N2O5/c1-28-22-6-5-17(20(25(22)31-4)16-27-9-11-32-12-10-27)13-21-19-15-24(30-3)23(29-2)14-18(19)7-8-26-21/h5-8,14-15H,9-13,16H2,1-4H3. The van der Waals surface area contributed by atoms with Crippen LogP contribution in [0.25, 0.3) is 10.8 Å². The van der Waals surface area contributed by atoms with Gasteiger partial charge >= 0.3 is 0 Å². The third-order valence-corrected chi connectivity index (χ3v) is 5.94. The van der Waals surface area contributed by atoms with Crippen molar-refractivity contribution < 1.29 is 23.7 Å². The quantitative estimate of drug-likeness (QED) is 0.531. The molecule has 3 aromatic rings. The lowest BCUT2D eigenvalue weighted by molar-refractivity contribution is 0.0337. The lowest BCUT2D eigenvalue weighted by Crippen LogP contribution is -2.36. The average molecular weight is 439 g/mol. The molecule has 2 heterocycles. The van der Waals surface area contributed by atoms with E-state index in [9.17, 15) is 0 Å². The highest BCUT2D eigenvalue weighted by Gasteiger charge is 2.21. The van der Waals surface area contributed by atoms with E-state index in [1.807, 2.05) is 30.5 Å². The van der Waals surface area contributed by atoms with Gasteiger partial charge in [0.05, 0.1) is 47.3 Å². The van der Waals surface area contributed by atoms with Crippen molar-refractivity contribution in [2.45, 2.75) is 13.0 Å². The summed E-state index contributed by atoms with van der Waals surface area (Å²) in [6.07, 6.45) is 2.50. The summed E-state index contributed by atoms with van der Waals surface area (Å²) in [6.45, 7) is 4.04. The van der Waals surface area contributed by atoms with Gasteiger partial charge < -0.3 is 23.7 Å². The number of fused-ring (bicyclic) bond motifs is 1.